The highest BCUT2D eigenvalue weighted by Gasteiger charge is 2.38. The number of hydrogen-bond donors (Lipinski definition) is 0. The summed E-state index contributed by atoms with van der Waals surface area (Å²) in [5.41, 5.74) is 0.352. The Morgan fingerprint density at radius 1 is 1.24 bits per heavy atom. The summed E-state index contributed by atoms with van der Waals surface area (Å²) in [5.74, 6) is 0.519. The van der Waals surface area contributed by atoms with Crippen LogP contribution in [0.4, 0.5) is 0 Å². The van der Waals surface area contributed by atoms with Gasteiger partial charge >= 0.3 is 0 Å². The molecular weight excluding hydrogens is 460 g/mol. The van der Waals surface area contributed by atoms with E-state index in [1.54, 1.807) is 29.4 Å². The third-order valence-electron chi connectivity index (χ3n) is 5.31. The molecule has 2 heterocycles. The van der Waals surface area contributed by atoms with Gasteiger partial charge in [-0.05, 0) is 66.0 Å². The van der Waals surface area contributed by atoms with Crippen LogP contribution in [0, 0.1) is 0 Å². The predicted molar refractivity (Wildman–Crippen MR) is 110 cm³/mol. The van der Waals surface area contributed by atoms with Crippen LogP contribution in [-0.4, -0.2) is 55.9 Å². The van der Waals surface area contributed by atoms with Crippen LogP contribution in [0.15, 0.2) is 50.4 Å². The van der Waals surface area contributed by atoms with Crippen molar-refractivity contribution in [1.82, 2.24) is 9.21 Å². The number of nitrogens with zero attached hydrogens (tertiary/aromatic N) is 2. The van der Waals surface area contributed by atoms with Crippen molar-refractivity contribution < 1.29 is 22.4 Å². The average molecular weight is 483 g/mol. The SMILES string of the molecule is CC(c1ccco1)N(C(=O)c1ccc(Br)c(S(=O)(=O)N2CCOCC2)c1)C1CC1. The number of halogens is 1. The van der Waals surface area contributed by atoms with E-state index >= 15 is 0 Å². The molecule has 156 valence electrons. The molecule has 1 atom stereocenters. The molecular formula is C20H23BrN2O5S. The smallest absolute Gasteiger partial charge is 0.254 e. The van der Waals surface area contributed by atoms with E-state index in [-0.39, 0.29) is 22.9 Å². The molecule has 7 nitrogen and oxygen atoms in total. The number of sulfonamides is 1. The second-order valence-electron chi connectivity index (χ2n) is 7.30. The molecule has 1 unspecified atom stereocenters. The first kappa shape index (κ1) is 20.6. The number of carbonyl (C=O) groups is 1. The fourth-order valence-corrected chi connectivity index (χ4v) is 5.94. The zero-order valence-corrected chi connectivity index (χ0v) is 18.5. The molecule has 1 aromatic carbocycles. The van der Waals surface area contributed by atoms with Crippen molar-refractivity contribution >= 4 is 31.9 Å². The van der Waals surface area contributed by atoms with Gasteiger partial charge in [-0.15, -0.1) is 0 Å². The van der Waals surface area contributed by atoms with E-state index in [0.717, 1.165) is 12.8 Å². The number of rotatable bonds is 6. The Labute approximate surface area is 178 Å². The standard InChI is InChI=1S/C20H23BrN2O5S/c1-14(18-3-2-10-28-18)23(16-5-6-16)20(24)15-4-7-17(21)19(13-15)29(25,26)22-8-11-27-12-9-22/h2-4,7,10,13-14,16H,5-6,8-9,11-12H2,1H3. The molecule has 1 aliphatic carbocycles. The number of ether oxygens (including phenoxy) is 1. The van der Waals surface area contributed by atoms with Crippen LogP contribution < -0.4 is 0 Å². The molecule has 1 amide bonds. The molecule has 9 heteroatoms. The van der Waals surface area contributed by atoms with Gasteiger partial charge in [0.05, 0.1) is 30.4 Å². The lowest BCUT2D eigenvalue weighted by molar-refractivity contribution is 0.0652. The second kappa shape index (κ2) is 8.22. The topological polar surface area (TPSA) is 80.1 Å². The van der Waals surface area contributed by atoms with Crippen LogP contribution in [0.5, 0.6) is 0 Å². The minimum atomic E-state index is -3.73. The fourth-order valence-electron chi connectivity index (χ4n) is 3.59. The minimum absolute atomic E-state index is 0.103. The highest BCUT2D eigenvalue weighted by atomic mass is 79.9. The van der Waals surface area contributed by atoms with E-state index in [4.69, 9.17) is 9.15 Å². The lowest BCUT2D eigenvalue weighted by Crippen LogP contribution is -2.41. The largest absolute Gasteiger partial charge is 0.467 e. The highest BCUT2D eigenvalue weighted by Crippen LogP contribution is 2.36. The van der Waals surface area contributed by atoms with Crippen molar-refractivity contribution in [3.05, 3.63) is 52.4 Å². The Bertz CT molecular complexity index is 982. The normalized spacial score (nSPS) is 19.1. The van der Waals surface area contributed by atoms with Crippen LogP contribution in [0.25, 0.3) is 0 Å². The van der Waals surface area contributed by atoms with E-state index in [1.807, 2.05) is 13.0 Å². The minimum Gasteiger partial charge on any atom is -0.467 e. The lowest BCUT2D eigenvalue weighted by atomic mass is 10.1. The number of benzene rings is 1. The number of amides is 1. The Morgan fingerprint density at radius 2 is 1.97 bits per heavy atom. The van der Waals surface area contributed by atoms with Crippen LogP contribution >= 0.6 is 15.9 Å². The van der Waals surface area contributed by atoms with E-state index in [0.29, 0.717) is 42.1 Å². The van der Waals surface area contributed by atoms with Gasteiger partial charge in [0.15, 0.2) is 0 Å². The maximum absolute atomic E-state index is 13.4. The molecule has 2 aromatic rings. The quantitative estimate of drug-likeness (QED) is 0.629. The van der Waals surface area contributed by atoms with Gasteiger partial charge in [-0.3, -0.25) is 4.79 Å². The summed E-state index contributed by atoms with van der Waals surface area (Å²) in [6.45, 7) is 3.27. The summed E-state index contributed by atoms with van der Waals surface area (Å²) in [7, 11) is -3.73. The zero-order valence-electron chi connectivity index (χ0n) is 16.1. The number of morpholine rings is 1. The molecule has 29 heavy (non-hydrogen) atoms. The first-order chi connectivity index (χ1) is 13.9. The van der Waals surface area contributed by atoms with Crippen molar-refractivity contribution in [2.24, 2.45) is 0 Å². The first-order valence-corrected chi connectivity index (χ1v) is 11.9. The van der Waals surface area contributed by atoms with Crippen molar-refractivity contribution in [1.29, 1.82) is 0 Å². The Morgan fingerprint density at radius 3 is 2.59 bits per heavy atom. The van der Waals surface area contributed by atoms with E-state index in [9.17, 15) is 13.2 Å². The highest BCUT2D eigenvalue weighted by molar-refractivity contribution is 9.10. The molecule has 0 spiro atoms. The fraction of sp³-hybridized carbons (Fsp3) is 0.450. The van der Waals surface area contributed by atoms with Crippen molar-refractivity contribution in [2.45, 2.75) is 36.7 Å². The third kappa shape index (κ3) is 4.14. The van der Waals surface area contributed by atoms with Gasteiger partial charge in [0, 0.05) is 29.2 Å². The summed E-state index contributed by atoms with van der Waals surface area (Å²) >= 11 is 3.34. The Hall–Kier alpha value is -1.68. The number of carbonyl (C=O) groups excluding carboxylic acids is 1. The first-order valence-electron chi connectivity index (χ1n) is 9.63. The van der Waals surface area contributed by atoms with Gasteiger partial charge in [0.25, 0.3) is 5.91 Å². The second-order valence-corrected chi connectivity index (χ2v) is 10.1. The maximum Gasteiger partial charge on any atom is 0.254 e. The summed E-state index contributed by atoms with van der Waals surface area (Å²) in [4.78, 5) is 15.3. The van der Waals surface area contributed by atoms with Gasteiger partial charge in [-0.1, -0.05) is 0 Å². The molecule has 1 aliphatic heterocycles. The predicted octanol–water partition coefficient (Wildman–Crippen LogP) is 3.43. The Balaban J connectivity index is 1.66. The maximum atomic E-state index is 13.4. The molecule has 0 bridgehead atoms. The molecule has 4 rings (SSSR count). The van der Waals surface area contributed by atoms with Gasteiger partial charge in [-0.25, -0.2) is 8.42 Å². The van der Waals surface area contributed by atoms with Crippen LogP contribution in [0.2, 0.25) is 0 Å². The number of furan rings is 1. The molecule has 1 saturated heterocycles. The molecule has 0 radical (unpaired) electrons. The summed E-state index contributed by atoms with van der Waals surface area (Å²) < 4.78 is 38.8. The summed E-state index contributed by atoms with van der Waals surface area (Å²) in [6.07, 6.45) is 3.46. The van der Waals surface area contributed by atoms with Gasteiger partial charge in [0.1, 0.15) is 5.76 Å². The molecule has 2 fully saturated rings. The van der Waals surface area contributed by atoms with Crippen molar-refractivity contribution in [2.75, 3.05) is 26.3 Å². The van der Waals surface area contributed by atoms with Gasteiger partial charge in [-0.2, -0.15) is 4.31 Å². The zero-order chi connectivity index (χ0) is 20.6. The molecule has 0 N–H and O–H groups in total. The van der Waals surface area contributed by atoms with Gasteiger partial charge in [0.2, 0.25) is 10.0 Å². The van der Waals surface area contributed by atoms with Crippen molar-refractivity contribution in [3.63, 3.8) is 0 Å². The monoisotopic (exact) mass is 482 g/mol. The van der Waals surface area contributed by atoms with Gasteiger partial charge < -0.3 is 14.1 Å². The van der Waals surface area contributed by atoms with Crippen LogP contribution in [0.3, 0.4) is 0 Å². The van der Waals surface area contributed by atoms with Crippen molar-refractivity contribution in [3.8, 4) is 0 Å². The molecule has 1 aromatic heterocycles. The van der Waals surface area contributed by atoms with E-state index in [2.05, 4.69) is 15.9 Å². The average Bonchev–Trinajstić information content (AvgIpc) is 3.40. The van der Waals surface area contributed by atoms with Crippen LogP contribution in [0.1, 0.15) is 41.9 Å². The third-order valence-corrected chi connectivity index (χ3v) is 8.21. The summed E-state index contributed by atoms with van der Waals surface area (Å²) in [5, 5.41) is 0. The molecule has 1 saturated carbocycles. The van der Waals surface area contributed by atoms with E-state index in [1.165, 1.54) is 10.4 Å². The number of hydrogen-bond acceptors (Lipinski definition) is 5. The van der Waals surface area contributed by atoms with E-state index < -0.39 is 10.0 Å². The summed E-state index contributed by atoms with van der Waals surface area (Å²) in [6, 6.07) is 8.33. The van der Waals surface area contributed by atoms with Crippen LogP contribution in [-0.2, 0) is 14.8 Å². The molecule has 2 aliphatic rings. The Kier molecular flexibility index (Phi) is 5.83. The lowest BCUT2D eigenvalue weighted by Gasteiger charge is -2.29.